The molecule has 0 amide bonds. The molecule has 0 aromatic rings. The molecule has 0 saturated carbocycles. The van der Waals surface area contributed by atoms with E-state index in [2.05, 4.69) is 18.5 Å². The molecule has 2 nitrogen and oxygen atoms in total. The Hall–Kier alpha value is -0.0417. The topological polar surface area (TPSA) is 12.5 Å². The summed E-state index contributed by atoms with van der Waals surface area (Å²) < 4.78 is 6.97. The standard InChI is InChI=1S/C12H19NO.W/c1-11(2)5-4-10-14-12-6-8-13(3)9-7-12;/h4-5,12H,1,6-9H2,2-3H3;. The molecule has 1 rings (SSSR count). The van der Waals surface area contributed by atoms with Crippen molar-refractivity contribution in [1.29, 1.82) is 0 Å². The van der Waals surface area contributed by atoms with Gasteiger partial charge in [0.1, 0.15) is 0 Å². The van der Waals surface area contributed by atoms with Gasteiger partial charge in [-0.15, -0.1) is 0 Å². The number of ether oxygens (including phenoxy) is 1. The average Bonchev–Trinajstić information content (AvgIpc) is 2.19. The molecule has 1 aliphatic heterocycles. The van der Waals surface area contributed by atoms with Crippen LogP contribution in [0.5, 0.6) is 0 Å². The zero-order valence-corrected chi connectivity index (χ0v) is 12.5. The molecule has 1 aliphatic rings. The average molecular weight is 377 g/mol. The van der Waals surface area contributed by atoms with Crippen molar-refractivity contribution in [3.05, 3.63) is 24.3 Å². The fraction of sp³-hybridized carbons (Fsp3) is 0.583. The van der Waals surface area contributed by atoms with Crippen molar-refractivity contribution in [2.45, 2.75) is 25.9 Å². The number of piperidine rings is 1. The Balaban J connectivity index is 2.29. The molecule has 0 aromatic heterocycles. The number of rotatable bonds is 4. The zero-order chi connectivity index (χ0) is 11.3. The quantitative estimate of drug-likeness (QED) is 0.695. The van der Waals surface area contributed by atoms with Crippen molar-refractivity contribution in [2.75, 3.05) is 20.1 Å². The summed E-state index contributed by atoms with van der Waals surface area (Å²) in [5.41, 5.74) is 1.07. The molecule has 0 N–H and O–H groups in total. The molecule has 0 atom stereocenters. The van der Waals surface area contributed by atoms with Crippen molar-refractivity contribution >= 4 is 4.08 Å². The molecule has 0 bridgehead atoms. The summed E-state index contributed by atoms with van der Waals surface area (Å²) in [6.45, 7) is 8.13. The van der Waals surface area contributed by atoms with E-state index in [-0.39, 0.29) is 0 Å². The van der Waals surface area contributed by atoms with E-state index in [1.165, 1.54) is 19.4 Å². The zero-order valence-electron chi connectivity index (χ0n) is 9.53. The second-order valence-corrected chi connectivity index (χ2v) is 5.56. The minimum absolute atomic E-state index is 0.420. The third-order valence-corrected chi connectivity index (χ3v) is 3.29. The fourth-order valence-corrected chi connectivity index (χ4v) is 2.25. The fourth-order valence-electron chi connectivity index (χ4n) is 1.52. The summed E-state index contributed by atoms with van der Waals surface area (Å²) in [7, 11) is 2.17. The van der Waals surface area contributed by atoms with Gasteiger partial charge in [0.05, 0.1) is 0 Å². The summed E-state index contributed by atoms with van der Waals surface area (Å²) in [5, 5.41) is 0. The molecule has 0 aliphatic carbocycles. The Kier molecular flexibility index (Phi) is 5.66. The van der Waals surface area contributed by atoms with Gasteiger partial charge >= 0.3 is 103 Å². The molecular formula is C12H19NOW. The number of allylic oxidation sites excluding steroid dienone is 2. The molecule has 0 unspecified atom stereocenters. The minimum atomic E-state index is 0.420. The van der Waals surface area contributed by atoms with Gasteiger partial charge in [0.25, 0.3) is 0 Å². The van der Waals surface area contributed by atoms with Gasteiger partial charge in [-0.3, -0.25) is 0 Å². The van der Waals surface area contributed by atoms with Crippen molar-refractivity contribution in [2.24, 2.45) is 0 Å². The van der Waals surface area contributed by atoms with Gasteiger partial charge in [-0.05, 0) is 0 Å². The number of hydrogen-bond acceptors (Lipinski definition) is 2. The Morgan fingerprint density at radius 1 is 1.40 bits per heavy atom. The van der Waals surface area contributed by atoms with Gasteiger partial charge in [0.2, 0.25) is 0 Å². The van der Waals surface area contributed by atoms with E-state index in [9.17, 15) is 0 Å². The normalized spacial score (nSPS) is 19.6. The molecule has 0 aromatic carbocycles. The van der Waals surface area contributed by atoms with E-state index in [0.29, 0.717) is 6.10 Å². The molecule has 0 radical (unpaired) electrons. The van der Waals surface area contributed by atoms with Crippen LogP contribution in [0.3, 0.4) is 0 Å². The maximum atomic E-state index is 5.89. The van der Waals surface area contributed by atoms with E-state index in [4.69, 9.17) is 4.74 Å². The first-order valence-corrected chi connectivity index (χ1v) is 6.77. The van der Waals surface area contributed by atoms with Crippen LogP contribution in [-0.2, 0) is 24.1 Å². The third kappa shape index (κ3) is 5.55. The Labute approximate surface area is 103 Å². The van der Waals surface area contributed by atoms with Crippen molar-refractivity contribution in [3.8, 4) is 0 Å². The van der Waals surface area contributed by atoms with E-state index < -0.39 is 0 Å². The summed E-state index contributed by atoms with van der Waals surface area (Å²) in [4.78, 5) is 2.35. The summed E-state index contributed by atoms with van der Waals surface area (Å²) >= 11 is 1.39. The van der Waals surface area contributed by atoms with Gasteiger partial charge in [0, 0.05) is 0 Å². The molecular weight excluding hydrogens is 358 g/mol. The predicted molar refractivity (Wildman–Crippen MR) is 60.6 cm³/mol. The van der Waals surface area contributed by atoms with Gasteiger partial charge < -0.3 is 0 Å². The predicted octanol–water partition coefficient (Wildman–Crippen LogP) is 1.91. The first-order valence-electron chi connectivity index (χ1n) is 5.30. The van der Waals surface area contributed by atoms with Crippen LogP contribution in [0.4, 0.5) is 0 Å². The second kappa shape index (κ2) is 6.52. The number of nitrogens with zero attached hydrogens (tertiary/aromatic N) is 1. The first-order chi connectivity index (χ1) is 7.08. The number of likely N-dealkylation sites (tertiary alicyclic amines) is 1. The molecule has 0 spiro atoms. The van der Waals surface area contributed by atoms with E-state index in [0.717, 1.165) is 35.6 Å². The molecule has 15 heavy (non-hydrogen) atoms. The Morgan fingerprint density at radius 2 is 2.00 bits per heavy atom. The maximum absolute atomic E-state index is 5.89. The molecule has 1 fully saturated rings. The number of hydrogen-bond donors (Lipinski definition) is 0. The first kappa shape index (κ1) is 13.0. The van der Waals surface area contributed by atoms with Crippen LogP contribution < -0.4 is 0 Å². The SMILES string of the molecule is C=C(C)C=C[C](=[W])OC1CCN(C)CC1. The van der Waals surface area contributed by atoms with Gasteiger partial charge in [-0.1, -0.05) is 0 Å². The van der Waals surface area contributed by atoms with Crippen LogP contribution in [0.25, 0.3) is 0 Å². The monoisotopic (exact) mass is 377 g/mol. The van der Waals surface area contributed by atoms with Crippen LogP contribution in [-0.4, -0.2) is 35.2 Å². The van der Waals surface area contributed by atoms with Crippen molar-refractivity contribution in [1.82, 2.24) is 4.90 Å². The molecule has 1 heterocycles. The van der Waals surface area contributed by atoms with Gasteiger partial charge in [-0.25, -0.2) is 0 Å². The van der Waals surface area contributed by atoms with Crippen LogP contribution in [0.15, 0.2) is 24.3 Å². The van der Waals surface area contributed by atoms with Gasteiger partial charge in [0.15, 0.2) is 0 Å². The van der Waals surface area contributed by atoms with Crippen LogP contribution in [0.1, 0.15) is 19.8 Å². The molecule has 3 heteroatoms. The van der Waals surface area contributed by atoms with Crippen LogP contribution in [0, 0.1) is 0 Å². The van der Waals surface area contributed by atoms with Crippen LogP contribution >= 0.6 is 0 Å². The van der Waals surface area contributed by atoms with E-state index >= 15 is 0 Å². The third-order valence-electron chi connectivity index (χ3n) is 2.45. The van der Waals surface area contributed by atoms with E-state index in [1.54, 1.807) is 0 Å². The van der Waals surface area contributed by atoms with Crippen molar-refractivity contribution in [3.63, 3.8) is 0 Å². The summed E-state index contributed by atoms with van der Waals surface area (Å²) in [5.74, 6) is 0. The van der Waals surface area contributed by atoms with Crippen LogP contribution in [0.2, 0.25) is 0 Å². The second-order valence-electron chi connectivity index (χ2n) is 4.12. The summed E-state index contributed by atoms with van der Waals surface area (Å²) in [6, 6.07) is 0. The van der Waals surface area contributed by atoms with E-state index in [1.807, 2.05) is 19.1 Å². The molecule has 1 saturated heterocycles. The van der Waals surface area contributed by atoms with Crippen molar-refractivity contribution < 1.29 is 24.1 Å². The Bertz CT molecular complexity index is 265. The molecule has 84 valence electrons. The Morgan fingerprint density at radius 3 is 2.53 bits per heavy atom. The summed E-state index contributed by atoms with van der Waals surface area (Å²) in [6.07, 6.45) is 6.76. The van der Waals surface area contributed by atoms with Gasteiger partial charge in [-0.2, -0.15) is 0 Å².